The van der Waals surface area contributed by atoms with Gasteiger partial charge in [0.15, 0.2) is 0 Å². The lowest BCUT2D eigenvalue weighted by atomic mass is 10.0. The average molecular weight is 322 g/mol. The molecule has 0 aliphatic carbocycles. The van der Waals surface area contributed by atoms with Gasteiger partial charge in [-0.3, -0.25) is 4.79 Å². The summed E-state index contributed by atoms with van der Waals surface area (Å²) in [6.45, 7) is 5.18. The first-order valence-electron chi connectivity index (χ1n) is 7.89. The van der Waals surface area contributed by atoms with Crippen LogP contribution >= 0.6 is 0 Å². The standard InChI is InChI=1S/C17H26N2O4/c1-13(2)11-15(16(20)21)18-9-6-10-19-17(22)23-12-14-7-4-3-5-8-14/h3-5,7-8,13,15,18H,6,9-12H2,1-2H3,(H,19,22)(H,20,21)/t15-/m0/s1. The van der Waals surface area contributed by atoms with Crippen molar-refractivity contribution in [1.82, 2.24) is 10.6 Å². The highest BCUT2D eigenvalue weighted by molar-refractivity contribution is 5.73. The first kappa shape index (κ1) is 19.0. The SMILES string of the molecule is CC(C)C[C@H](NCCCNC(=O)OCc1ccccc1)C(=O)O. The highest BCUT2D eigenvalue weighted by Gasteiger charge is 2.17. The Morgan fingerprint density at radius 2 is 1.87 bits per heavy atom. The number of rotatable bonds is 10. The molecule has 6 heteroatoms. The lowest BCUT2D eigenvalue weighted by Crippen LogP contribution is -2.39. The fourth-order valence-corrected chi connectivity index (χ4v) is 2.07. The number of nitrogens with one attached hydrogen (secondary N) is 2. The lowest BCUT2D eigenvalue weighted by Gasteiger charge is -2.16. The molecule has 3 N–H and O–H groups in total. The van der Waals surface area contributed by atoms with E-state index in [4.69, 9.17) is 9.84 Å². The number of carboxylic acids is 1. The molecule has 1 rings (SSSR count). The molecule has 1 atom stereocenters. The van der Waals surface area contributed by atoms with Gasteiger partial charge in [-0.25, -0.2) is 4.79 Å². The maximum absolute atomic E-state index is 11.5. The van der Waals surface area contributed by atoms with Crippen molar-refractivity contribution in [3.63, 3.8) is 0 Å². The highest BCUT2D eigenvalue weighted by atomic mass is 16.5. The van der Waals surface area contributed by atoms with E-state index in [9.17, 15) is 9.59 Å². The normalized spacial score (nSPS) is 12.0. The molecule has 0 heterocycles. The van der Waals surface area contributed by atoms with Crippen LogP contribution in [0, 0.1) is 5.92 Å². The summed E-state index contributed by atoms with van der Waals surface area (Å²) in [5, 5.41) is 14.7. The molecule has 0 spiro atoms. The number of carbonyl (C=O) groups excluding carboxylic acids is 1. The fourth-order valence-electron chi connectivity index (χ4n) is 2.07. The summed E-state index contributed by atoms with van der Waals surface area (Å²) in [7, 11) is 0. The largest absolute Gasteiger partial charge is 0.480 e. The number of hydrogen-bond acceptors (Lipinski definition) is 4. The van der Waals surface area contributed by atoms with Crippen molar-refractivity contribution in [3.05, 3.63) is 35.9 Å². The van der Waals surface area contributed by atoms with E-state index in [1.54, 1.807) is 0 Å². The first-order valence-corrected chi connectivity index (χ1v) is 7.89. The van der Waals surface area contributed by atoms with Crippen molar-refractivity contribution >= 4 is 12.1 Å². The summed E-state index contributed by atoms with van der Waals surface area (Å²) in [6.07, 6.45) is 0.760. The van der Waals surface area contributed by atoms with Crippen molar-refractivity contribution in [2.75, 3.05) is 13.1 Å². The van der Waals surface area contributed by atoms with E-state index in [1.807, 2.05) is 44.2 Å². The summed E-state index contributed by atoms with van der Waals surface area (Å²) < 4.78 is 5.08. The van der Waals surface area contributed by atoms with E-state index in [1.165, 1.54) is 0 Å². The smallest absolute Gasteiger partial charge is 0.407 e. The van der Waals surface area contributed by atoms with Gasteiger partial charge in [-0.2, -0.15) is 0 Å². The molecule has 0 aromatic heterocycles. The first-order chi connectivity index (χ1) is 11.0. The van der Waals surface area contributed by atoms with E-state index in [0.717, 1.165) is 5.56 Å². The molecule has 23 heavy (non-hydrogen) atoms. The minimum absolute atomic E-state index is 0.237. The van der Waals surface area contributed by atoms with Gasteiger partial charge in [-0.15, -0.1) is 0 Å². The second-order valence-electron chi connectivity index (χ2n) is 5.82. The molecule has 128 valence electrons. The van der Waals surface area contributed by atoms with Crippen LogP contribution in [0.3, 0.4) is 0 Å². The quantitative estimate of drug-likeness (QED) is 0.576. The Hall–Kier alpha value is -2.08. The van der Waals surface area contributed by atoms with Gasteiger partial charge in [0.25, 0.3) is 0 Å². The molecule has 0 unspecified atom stereocenters. The summed E-state index contributed by atoms with van der Waals surface area (Å²) in [4.78, 5) is 22.6. The summed E-state index contributed by atoms with van der Waals surface area (Å²) >= 11 is 0. The third kappa shape index (κ3) is 8.83. The van der Waals surface area contributed by atoms with Crippen molar-refractivity contribution in [3.8, 4) is 0 Å². The number of benzene rings is 1. The maximum Gasteiger partial charge on any atom is 0.407 e. The molecule has 1 amide bonds. The maximum atomic E-state index is 11.5. The molecule has 1 aromatic carbocycles. The summed E-state index contributed by atoms with van der Waals surface area (Å²) in [5.41, 5.74) is 0.933. The molecule has 0 saturated heterocycles. The molecule has 6 nitrogen and oxygen atoms in total. The van der Waals surface area contributed by atoms with Crippen molar-refractivity contribution in [2.24, 2.45) is 5.92 Å². The van der Waals surface area contributed by atoms with Gasteiger partial charge in [0.2, 0.25) is 0 Å². The van der Waals surface area contributed by atoms with Crippen LogP contribution in [0.15, 0.2) is 30.3 Å². The molecule has 1 aromatic rings. The Bertz CT molecular complexity index is 477. The van der Waals surface area contributed by atoms with E-state index < -0.39 is 18.1 Å². The third-order valence-corrected chi connectivity index (χ3v) is 3.23. The Balaban J connectivity index is 2.11. The second-order valence-corrected chi connectivity index (χ2v) is 5.82. The Morgan fingerprint density at radius 3 is 2.48 bits per heavy atom. The zero-order valence-electron chi connectivity index (χ0n) is 13.7. The number of carboxylic acid groups (broad SMARTS) is 1. The van der Waals surface area contributed by atoms with Crippen LogP contribution in [0.2, 0.25) is 0 Å². The Labute approximate surface area is 137 Å². The Kier molecular flexibility index (Phi) is 8.75. The lowest BCUT2D eigenvalue weighted by molar-refractivity contribution is -0.139. The minimum atomic E-state index is -0.839. The molecule has 0 aliphatic heterocycles. The van der Waals surface area contributed by atoms with Gasteiger partial charge in [-0.1, -0.05) is 44.2 Å². The number of amides is 1. The van der Waals surface area contributed by atoms with Crippen molar-refractivity contribution < 1.29 is 19.4 Å². The van der Waals surface area contributed by atoms with Crippen LogP contribution in [0.4, 0.5) is 4.79 Å². The zero-order chi connectivity index (χ0) is 17.1. The van der Waals surface area contributed by atoms with Crippen molar-refractivity contribution in [2.45, 2.75) is 39.3 Å². The van der Waals surface area contributed by atoms with Gasteiger partial charge in [-0.05, 0) is 30.9 Å². The van der Waals surface area contributed by atoms with Crippen LogP contribution in [0.1, 0.15) is 32.3 Å². The van der Waals surface area contributed by atoms with Crippen LogP contribution in [0.5, 0.6) is 0 Å². The molecular weight excluding hydrogens is 296 g/mol. The van der Waals surface area contributed by atoms with Gasteiger partial charge in [0.1, 0.15) is 12.6 Å². The Morgan fingerprint density at radius 1 is 1.17 bits per heavy atom. The number of alkyl carbamates (subject to hydrolysis) is 1. The predicted molar refractivity (Wildman–Crippen MR) is 88.1 cm³/mol. The van der Waals surface area contributed by atoms with Gasteiger partial charge in [0, 0.05) is 6.54 Å². The van der Waals surface area contributed by atoms with Gasteiger partial charge >= 0.3 is 12.1 Å². The summed E-state index contributed by atoms with van der Waals surface area (Å²) in [6, 6.07) is 8.91. The number of hydrogen-bond donors (Lipinski definition) is 3. The van der Waals surface area contributed by atoms with Crippen molar-refractivity contribution in [1.29, 1.82) is 0 Å². The topological polar surface area (TPSA) is 87.7 Å². The van der Waals surface area contributed by atoms with E-state index in [0.29, 0.717) is 31.8 Å². The monoisotopic (exact) mass is 322 g/mol. The number of ether oxygens (including phenoxy) is 1. The molecule has 0 fully saturated rings. The van der Waals surface area contributed by atoms with Gasteiger partial charge in [0.05, 0.1) is 0 Å². The third-order valence-electron chi connectivity index (χ3n) is 3.23. The van der Waals surface area contributed by atoms with E-state index in [2.05, 4.69) is 10.6 Å². The fraction of sp³-hybridized carbons (Fsp3) is 0.529. The minimum Gasteiger partial charge on any atom is -0.480 e. The molecule has 0 radical (unpaired) electrons. The van der Waals surface area contributed by atoms with Crippen LogP contribution in [-0.4, -0.2) is 36.3 Å². The number of aliphatic carboxylic acids is 1. The van der Waals surface area contributed by atoms with Crippen LogP contribution in [0.25, 0.3) is 0 Å². The molecular formula is C17H26N2O4. The van der Waals surface area contributed by atoms with Crippen LogP contribution in [-0.2, 0) is 16.1 Å². The number of carbonyl (C=O) groups is 2. The molecule has 0 bridgehead atoms. The van der Waals surface area contributed by atoms with E-state index >= 15 is 0 Å². The molecule has 0 saturated carbocycles. The van der Waals surface area contributed by atoms with Crippen LogP contribution < -0.4 is 10.6 Å². The zero-order valence-corrected chi connectivity index (χ0v) is 13.7. The average Bonchev–Trinajstić information content (AvgIpc) is 2.52. The predicted octanol–water partition coefficient (Wildman–Crippen LogP) is 2.39. The van der Waals surface area contributed by atoms with E-state index in [-0.39, 0.29) is 6.61 Å². The summed E-state index contributed by atoms with van der Waals surface area (Å²) in [5.74, 6) is -0.524. The second kappa shape index (κ2) is 10.6. The highest BCUT2D eigenvalue weighted by Crippen LogP contribution is 2.04. The molecule has 0 aliphatic rings. The van der Waals surface area contributed by atoms with Gasteiger partial charge < -0.3 is 20.5 Å².